The molecule has 3 aliphatic rings. The monoisotopic (exact) mass is 345 g/mol. The summed E-state index contributed by atoms with van der Waals surface area (Å²) in [6, 6.07) is 1.97. The normalized spacial score (nSPS) is 25.2. The van der Waals surface area contributed by atoms with E-state index in [-0.39, 0.29) is 23.8 Å². The summed E-state index contributed by atoms with van der Waals surface area (Å²) in [5, 5.41) is 3.97. The molecule has 1 aliphatic carbocycles. The van der Waals surface area contributed by atoms with Crippen molar-refractivity contribution in [1.29, 1.82) is 0 Å². The zero-order valence-electron chi connectivity index (χ0n) is 14.9. The van der Waals surface area contributed by atoms with E-state index in [1.807, 2.05) is 22.8 Å². The summed E-state index contributed by atoms with van der Waals surface area (Å²) in [7, 11) is 0. The lowest BCUT2D eigenvalue weighted by Crippen LogP contribution is -2.46. The third-order valence-electron chi connectivity index (χ3n) is 6.12. The van der Waals surface area contributed by atoms with Crippen LogP contribution in [0.4, 0.5) is 0 Å². The number of aromatic nitrogens is 1. The Morgan fingerprint density at radius 3 is 2.32 bits per heavy atom. The van der Waals surface area contributed by atoms with Gasteiger partial charge in [0.05, 0.1) is 11.7 Å². The number of likely N-dealkylation sites (tertiary alicyclic amines) is 2. The summed E-state index contributed by atoms with van der Waals surface area (Å²) in [5.41, 5.74) is 0.858. The third-order valence-corrected chi connectivity index (χ3v) is 6.12. The van der Waals surface area contributed by atoms with Crippen molar-refractivity contribution >= 4 is 11.8 Å². The number of rotatable bonds is 3. The fourth-order valence-electron chi connectivity index (χ4n) is 4.36. The van der Waals surface area contributed by atoms with E-state index in [9.17, 15) is 9.59 Å². The molecule has 0 spiro atoms. The molecule has 3 fully saturated rings. The second kappa shape index (κ2) is 6.81. The van der Waals surface area contributed by atoms with Gasteiger partial charge in [0.15, 0.2) is 5.76 Å². The van der Waals surface area contributed by atoms with Gasteiger partial charge in [0.25, 0.3) is 0 Å². The molecule has 1 aromatic heterocycles. The molecule has 0 aromatic carbocycles. The summed E-state index contributed by atoms with van der Waals surface area (Å²) < 4.78 is 5.41. The lowest BCUT2D eigenvalue weighted by atomic mass is 9.83. The molecule has 3 heterocycles. The molecular formula is C19H27N3O3. The highest BCUT2D eigenvalue weighted by Crippen LogP contribution is 2.35. The topological polar surface area (TPSA) is 66.7 Å². The predicted octanol–water partition coefficient (Wildman–Crippen LogP) is 2.69. The smallest absolute Gasteiger partial charge is 0.226 e. The SMILES string of the molecule is Cc1cc([C@@H]2CCCN2C(=O)C2CCN(C(=O)C3CCC3)CC2)on1. The molecule has 1 aromatic rings. The van der Waals surface area contributed by atoms with Crippen molar-refractivity contribution in [1.82, 2.24) is 15.0 Å². The highest BCUT2D eigenvalue weighted by atomic mass is 16.5. The number of aryl methyl sites for hydroxylation is 1. The molecule has 1 saturated carbocycles. The highest BCUT2D eigenvalue weighted by Gasteiger charge is 2.38. The zero-order valence-corrected chi connectivity index (χ0v) is 14.9. The lowest BCUT2D eigenvalue weighted by Gasteiger charge is -2.37. The van der Waals surface area contributed by atoms with Crippen molar-refractivity contribution in [3.8, 4) is 0 Å². The van der Waals surface area contributed by atoms with Crippen LogP contribution in [0.3, 0.4) is 0 Å². The fraction of sp³-hybridized carbons (Fsp3) is 0.737. The van der Waals surface area contributed by atoms with Gasteiger partial charge >= 0.3 is 0 Å². The molecule has 0 unspecified atom stereocenters. The molecule has 0 radical (unpaired) electrons. The minimum absolute atomic E-state index is 0.0309. The maximum atomic E-state index is 13.0. The number of amides is 2. The molecule has 2 aliphatic heterocycles. The van der Waals surface area contributed by atoms with Gasteiger partial charge in [-0.25, -0.2) is 0 Å². The van der Waals surface area contributed by atoms with Crippen LogP contribution in [0.5, 0.6) is 0 Å². The van der Waals surface area contributed by atoms with Gasteiger partial charge in [-0.15, -0.1) is 0 Å². The quantitative estimate of drug-likeness (QED) is 0.845. The fourth-order valence-corrected chi connectivity index (χ4v) is 4.36. The van der Waals surface area contributed by atoms with E-state index >= 15 is 0 Å². The molecule has 136 valence electrons. The minimum atomic E-state index is 0.0309. The van der Waals surface area contributed by atoms with E-state index < -0.39 is 0 Å². The second-order valence-corrected chi connectivity index (χ2v) is 7.79. The minimum Gasteiger partial charge on any atom is -0.359 e. The van der Waals surface area contributed by atoms with E-state index in [0.717, 1.165) is 69.6 Å². The Morgan fingerprint density at radius 2 is 1.72 bits per heavy atom. The number of piperidine rings is 1. The standard InChI is InChI=1S/C19H27N3O3/c1-13-12-17(25-20-13)16-6-3-9-22(16)19(24)15-7-10-21(11-8-15)18(23)14-4-2-5-14/h12,14-16H,2-11H2,1H3/t16-/m0/s1. The highest BCUT2D eigenvalue weighted by molar-refractivity contribution is 5.82. The number of nitrogens with zero attached hydrogens (tertiary/aromatic N) is 3. The Kier molecular flexibility index (Phi) is 4.52. The summed E-state index contributed by atoms with van der Waals surface area (Å²) in [4.78, 5) is 29.4. The molecule has 2 amide bonds. The van der Waals surface area contributed by atoms with Crippen LogP contribution in [0.1, 0.15) is 62.4 Å². The lowest BCUT2D eigenvalue weighted by molar-refractivity contribution is -0.144. The van der Waals surface area contributed by atoms with Crippen molar-refractivity contribution in [3.05, 3.63) is 17.5 Å². The maximum absolute atomic E-state index is 13.0. The van der Waals surface area contributed by atoms with Gasteiger partial charge in [-0.05, 0) is 45.4 Å². The van der Waals surface area contributed by atoms with Gasteiger partial charge in [-0.1, -0.05) is 11.6 Å². The van der Waals surface area contributed by atoms with Gasteiger partial charge in [0.2, 0.25) is 11.8 Å². The average Bonchev–Trinajstić information content (AvgIpc) is 3.21. The van der Waals surface area contributed by atoms with Crippen LogP contribution in [0, 0.1) is 18.8 Å². The molecule has 1 atom stereocenters. The van der Waals surface area contributed by atoms with E-state index in [1.165, 1.54) is 6.42 Å². The third kappa shape index (κ3) is 3.18. The Morgan fingerprint density at radius 1 is 1.00 bits per heavy atom. The van der Waals surface area contributed by atoms with Gasteiger partial charge in [0.1, 0.15) is 0 Å². The van der Waals surface area contributed by atoms with Crippen LogP contribution in [0.2, 0.25) is 0 Å². The summed E-state index contributed by atoms with van der Waals surface area (Å²) in [5.74, 6) is 1.64. The van der Waals surface area contributed by atoms with Crippen molar-refractivity contribution in [2.24, 2.45) is 11.8 Å². The first-order valence-corrected chi connectivity index (χ1v) is 9.66. The summed E-state index contributed by atoms with van der Waals surface area (Å²) in [6.07, 6.45) is 6.80. The summed E-state index contributed by atoms with van der Waals surface area (Å²) in [6.45, 7) is 4.16. The first-order chi connectivity index (χ1) is 12.1. The number of carbonyl (C=O) groups excluding carboxylic acids is 2. The van der Waals surface area contributed by atoms with Gasteiger partial charge in [-0.3, -0.25) is 9.59 Å². The van der Waals surface area contributed by atoms with Gasteiger partial charge in [0, 0.05) is 37.5 Å². The van der Waals surface area contributed by atoms with Crippen LogP contribution in [0.25, 0.3) is 0 Å². The molecule has 25 heavy (non-hydrogen) atoms. The number of carbonyl (C=O) groups is 2. The van der Waals surface area contributed by atoms with Crippen molar-refractivity contribution in [2.45, 2.75) is 57.9 Å². The maximum Gasteiger partial charge on any atom is 0.226 e. The van der Waals surface area contributed by atoms with Crippen LogP contribution < -0.4 is 0 Å². The average molecular weight is 345 g/mol. The Bertz CT molecular complexity index is 644. The molecule has 0 N–H and O–H groups in total. The van der Waals surface area contributed by atoms with Gasteiger partial charge in [-0.2, -0.15) is 0 Å². The first kappa shape index (κ1) is 16.6. The number of hydrogen-bond acceptors (Lipinski definition) is 4. The largest absolute Gasteiger partial charge is 0.359 e. The van der Waals surface area contributed by atoms with E-state index in [1.54, 1.807) is 0 Å². The Hall–Kier alpha value is -1.85. The van der Waals surface area contributed by atoms with Crippen LogP contribution in [-0.4, -0.2) is 46.4 Å². The van der Waals surface area contributed by atoms with Crippen molar-refractivity contribution in [2.75, 3.05) is 19.6 Å². The number of hydrogen-bond donors (Lipinski definition) is 0. The van der Waals surface area contributed by atoms with Crippen LogP contribution in [-0.2, 0) is 9.59 Å². The van der Waals surface area contributed by atoms with Gasteiger partial charge < -0.3 is 14.3 Å². The first-order valence-electron chi connectivity index (χ1n) is 9.66. The molecule has 0 bridgehead atoms. The van der Waals surface area contributed by atoms with E-state index in [2.05, 4.69) is 5.16 Å². The molecule has 6 nitrogen and oxygen atoms in total. The summed E-state index contributed by atoms with van der Waals surface area (Å²) >= 11 is 0. The van der Waals surface area contributed by atoms with E-state index in [4.69, 9.17) is 4.52 Å². The molecule has 2 saturated heterocycles. The van der Waals surface area contributed by atoms with Crippen LogP contribution >= 0.6 is 0 Å². The predicted molar refractivity (Wildman–Crippen MR) is 91.6 cm³/mol. The van der Waals surface area contributed by atoms with Crippen LogP contribution in [0.15, 0.2) is 10.6 Å². The molecule has 4 rings (SSSR count). The van der Waals surface area contributed by atoms with Crippen molar-refractivity contribution < 1.29 is 14.1 Å². The van der Waals surface area contributed by atoms with E-state index in [0.29, 0.717) is 5.91 Å². The molecular weight excluding hydrogens is 318 g/mol. The Labute approximate surface area is 148 Å². The zero-order chi connectivity index (χ0) is 17.4. The van der Waals surface area contributed by atoms with Crippen molar-refractivity contribution in [3.63, 3.8) is 0 Å². The second-order valence-electron chi connectivity index (χ2n) is 7.79. The molecule has 6 heteroatoms. The Balaban J connectivity index is 1.36.